The van der Waals surface area contributed by atoms with Gasteiger partial charge in [-0.05, 0) is 37.5 Å². The molecule has 2 unspecified atom stereocenters. The van der Waals surface area contributed by atoms with Gasteiger partial charge in [0.15, 0.2) is 0 Å². The molecule has 7 heteroatoms. The molecule has 0 amide bonds. The van der Waals surface area contributed by atoms with Crippen molar-refractivity contribution in [2.45, 2.75) is 38.4 Å². The van der Waals surface area contributed by atoms with Crippen LogP contribution >= 0.6 is 11.6 Å². The number of nitrogens with two attached hydrogens (primary N) is 1. The summed E-state index contributed by atoms with van der Waals surface area (Å²) in [6, 6.07) is 7.23. The molecule has 0 saturated carbocycles. The minimum Gasteiger partial charge on any atom is -0.328 e. The third-order valence-electron chi connectivity index (χ3n) is 3.86. The summed E-state index contributed by atoms with van der Waals surface area (Å²) in [5.41, 5.74) is 6.81. The van der Waals surface area contributed by atoms with Crippen molar-refractivity contribution in [2.24, 2.45) is 5.73 Å². The monoisotopic (exact) mass is 331 g/mol. The SMILES string of the molecule is CC1CC(N)CCN1S(=O)(=O)N(C)Cc1ccc(Cl)cc1. The van der Waals surface area contributed by atoms with E-state index >= 15 is 0 Å². The van der Waals surface area contributed by atoms with Crippen LogP contribution in [0.4, 0.5) is 0 Å². The van der Waals surface area contributed by atoms with Crippen molar-refractivity contribution >= 4 is 21.8 Å². The predicted octanol–water partition coefficient (Wildman–Crippen LogP) is 1.83. The minimum absolute atomic E-state index is 0.0635. The van der Waals surface area contributed by atoms with Gasteiger partial charge in [0.1, 0.15) is 0 Å². The molecule has 1 aromatic carbocycles. The van der Waals surface area contributed by atoms with Crippen LogP contribution in [0.2, 0.25) is 5.02 Å². The van der Waals surface area contributed by atoms with Crippen molar-refractivity contribution in [3.63, 3.8) is 0 Å². The molecule has 21 heavy (non-hydrogen) atoms. The number of nitrogens with zero attached hydrogens (tertiary/aromatic N) is 2. The molecule has 1 aliphatic heterocycles. The third-order valence-corrected chi connectivity index (χ3v) is 6.17. The molecule has 118 valence electrons. The lowest BCUT2D eigenvalue weighted by Crippen LogP contribution is -2.52. The highest BCUT2D eigenvalue weighted by Gasteiger charge is 2.34. The second-order valence-electron chi connectivity index (χ2n) is 5.63. The van der Waals surface area contributed by atoms with Crippen LogP contribution in [0.5, 0.6) is 0 Å². The molecule has 1 saturated heterocycles. The van der Waals surface area contributed by atoms with Crippen LogP contribution in [-0.4, -0.2) is 42.7 Å². The van der Waals surface area contributed by atoms with Gasteiger partial charge >= 0.3 is 0 Å². The fraction of sp³-hybridized carbons (Fsp3) is 0.571. The summed E-state index contributed by atoms with van der Waals surface area (Å²) in [5.74, 6) is 0. The molecule has 5 nitrogen and oxygen atoms in total. The molecule has 1 fully saturated rings. The predicted molar refractivity (Wildman–Crippen MR) is 85.2 cm³/mol. The van der Waals surface area contributed by atoms with Crippen molar-refractivity contribution in [3.8, 4) is 0 Å². The average molecular weight is 332 g/mol. The van der Waals surface area contributed by atoms with Crippen LogP contribution in [0.3, 0.4) is 0 Å². The normalized spacial score (nSPS) is 24.4. The van der Waals surface area contributed by atoms with Crippen molar-refractivity contribution in [3.05, 3.63) is 34.9 Å². The maximum Gasteiger partial charge on any atom is 0.282 e. The lowest BCUT2D eigenvalue weighted by atomic mass is 10.0. The zero-order chi connectivity index (χ0) is 15.6. The summed E-state index contributed by atoms with van der Waals surface area (Å²) in [6.45, 7) is 2.72. The fourth-order valence-electron chi connectivity index (χ4n) is 2.64. The highest BCUT2D eigenvalue weighted by atomic mass is 35.5. The van der Waals surface area contributed by atoms with Gasteiger partial charge in [0.2, 0.25) is 0 Å². The molecule has 2 N–H and O–H groups in total. The summed E-state index contributed by atoms with van der Waals surface area (Å²) in [6.07, 6.45) is 1.41. The average Bonchev–Trinajstić information content (AvgIpc) is 2.40. The van der Waals surface area contributed by atoms with E-state index in [0.717, 1.165) is 5.56 Å². The maximum atomic E-state index is 12.7. The lowest BCUT2D eigenvalue weighted by Gasteiger charge is -2.37. The van der Waals surface area contributed by atoms with Gasteiger partial charge in [0, 0.05) is 37.2 Å². The second-order valence-corrected chi connectivity index (χ2v) is 8.06. The van der Waals surface area contributed by atoms with E-state index in [0.29, 0.717) is 31.0 Å². The van der Waals surface area contributed by atoms with Gasteiger partial charge in [-0.2, -0.15) is 17.0 Å². The van der Waals surface area contributed by atoms with Crippen molar-refractivity contribution in [1.29, 1.82) is 0 Å². The molecule has 0 aliphatic carbocycles. The van der Waals surface area contributed by atoms with Crippen molar-refractivity contribution in [2.75, 3.05) is 13.6 Å². The number of piperidine rings is 1. The molecular weight excluding hydrogens is 310 g/mol. The first-order valence-electron chi connectivity index (χ1n) is 7.04. The Balaban J connectivity index is 2.09. The van der Waals surface area contributed by atoms with Crippen molar-refractivity contribution in [1.82, 2.24) is 8.61 Å². The van der Waals surface area contributed by atoms with E-state index in [9.17, 15) is 8.42 Å². The largest absolute Gasteiger partial charge is 0.328 e. The number of benzene rings is 1. The van der Waals surface area contributed by atoms with Gasteiger partial charge in [-0.15, -0.1) is 0 Å². The van der Waals surface area contributed by atoms with Crippen molar-refractivity contribution < 1.29 is 8.42 Å². The van der Waals surface area contributed by atoms with E-state index in [1.54, 1.807) is 23.5 Å². The van der Waals surface area contributed by atoms with E-state index in [4.69, 9.17) is 17.3 Å². The number of hydrogen-bond donors (Lipinski definition) is 1. The summed E-state index contributed by atoms with van der Waals surface area (Å²) < 4.78 is 28.2. The summed E-state index contributed by atoms with van der Waals surface area (Å²) in [5, 5.41) is 0.642. The van der Waals surface area contributed by atoms with Crippen LogP contribution in [0, 0.1) is 0 Å². The smallest absolute Gasteiger partial charge is 0.282 e. The molecular formula is C14H22ClN3O2S. The van der Waals surface area contributed by atoms with Gasteiger partial charge in [-0.25, -0.2) is 0 Å². The lowest BCUT2D eigenvalue weighted by molar-refractivity contribution is 0.231. The van der Waals surface area contributed by atoms with E-state index in [2.05, 4.69) is 0 Å². The van der Waals surface area contributed by atoms with Gasteiger partial charge in [-0.3, -0.25) is 0 Å². The number of halogens is 1. The quantitative estimate of drug-likeness (QED) is 0.915. The van der Waals surface area contributed by atoms with Crippen LogP contribution in [0.25, 0.3) is 0 Å². The minimum atomic E-state index is -3.46. The van der Waals surface area contributed by atoms with Gasteiger partial charge in [-0.1, -0.05) is 23.7 Å². The van der Waals surface area contributed by atoms with Gasteiger partial charge in [0.05, 0.1) is 0 Å². The highest BCUT2D eigenvalue weighted by Crippen LogP contribution is 2.22. The van der Waals surface area contributed by atoms with Gasteiger partial charge in [0.25, 0.3) is 10.2 Å². The molecule has 0 spiro atoms. The molecule has 0 aromatic heterocycles. The Labute approximate surface area is 131 Å². The summed E-state index contributed by atoms with van der Waals surface area (Å²) in [7, 11) is -1.86. The van der Waals surface area contributed by atoms with Crippen LogP contribution in [0.15, 0.2) is 24.3 Å². The zero-order valence-corrected chi connectivity index (χ0v) is 13.9. The maximum absolute atomic E-state index is 12.7. The first kappa shape index (κ1) is 16.7. The molecule has 1 aromatic rings. The molecule has 0 bridgehead atoms. The summed E-state index contributed by atoms with van der Waals surface area (Å²) in [4.78, 5) is 0. The Hall–Kier alpha value is -0.660. The van der Waals surface area contributed by atoms with E-state index in [-0.39, 0.29) is 12.1 Å². The van der Waals surface area contributed by atoms with Crippen LogP contribution in [0.1, 0.15) is 25.3 Å². The summed E-state index contributed by atoms with van der Waals surface area (Å²) >= 11 is 5.84. The number of hydrogen-bond acceptors (Lipinski definition) is 3. The zero-order valence-electron chi connectivity index (χ0n) is 12.4. The molecule has 2 rings (SSSR count). The Bertz CT molecular complexity index is 576. The fourth-order valence-corrected chi connectivity index (χ4v) is 4.31. The van der Waals surface area contributed by atoms with E-state index in [1.807, 2.05) is 19.1 Å². The van der Waals surface area contributed by atoms with Gasteiger partial charge < -0.3 is 5.73 Å². The Kier molecular flexibility index (Phi) is 5.27. The standard InChI is InChI=1S/C14H22ClN3O2S/c1-11-9-14(16)7-8-18(11)21(19,20)17(2)10-12-3-5-13(15)6-4-12/h3-6,11,14H,7-10,16H2,1-2H3. The number of rotatable bonds is 4. The van der Waals surface area contributed by atoms with Crippen LogP contribution < -0.4 is 5.73 Å². The first-order valence-corrected chi connectivity index (χ1v) is 8.81. The molecule has 1 heterocycles. The Morgan fingerprint density at radius 2 is 2.00 bits per heavy atom. The van der Waals surface area contributed by atoms with E-state index in [1.165, 1.54) is 4.31 Å². The first-order chi connectivity index (χ1) is 9.80. The Morgan fingerprint density at radius 3 is 2.57 bits per heavy atom. The van der Waals surface area contributed by atoms with Crippen LogP contribution in [-0.2, 0) is 16.8 Å². The highest BCUT2D eigenvalue weighted by molar-refractivity contribution is 7.86. The topological polar surface area (TPSA) is 66.6 Å². The Morgan fingerprint density at radius 1 is 1.38 bits per heavy atom. The molecule has 2 atom stereocenters. The second kappa shape index (κ2) is 6.62. The third kappa shape index (κ3) is 3.96. The van der Waals surface area contributed by atoms with E-state index < -0.39 is 10.2 Å². The molecule has 1 aliphatic rings. The molecule has 0 radical (unpaired) electrons.